The summed E-state index contributed by atoms with van der Waals surface area (Å²) in [5.74, 6) is -1.50. The molecule has 7 nitrogen and oxygen atoms in total. The van der Waals surface area contributed by atoms with E-state index in [1.54, 1.807) is 6.07 Å². The minimum atomic E-state index is -3.86. The normalized spacial score (nSPS) is 22.2. The third-order valence-corrected chi connectivity index (χ3v) is 7.30. The van der Waals surface area contributed by atoms with Gasteiger partial charge in [-0.25, -0.2) is 13.2 Å². The molecule has 26 heavy (non-hydrogen) atoms. The Hall–Kier alpha value is -1.35. The molecule has 0 spiro atoms. The number of ether oxygens (including phenoxy) is 2. The molecule has 2 aliphatic rings. The van der Waals surface area contributed by atoms with Crippen LogP contribution in [-0.4, -0.2) is 50.5 Å². The van der Waals surface area contributed by atoms with Gasteiger partial charge < -0.3 is 9.47 Å². The van der Waals surface area contributed by atoms with Gasteiger partial charge in [0.1, 0.15) is 4.90 Å². The zero-order valence-electron chi connectivity index (χ0n) is 13.7. The van der Waals surface area contributed by atoms with Crippen molar-refractivity contribution in [2.24, 2.45) is 5.92 Å². The lowest BCUT2D eigenvalue weighted by molar-refractivity contribution is -0.164. The predicted octanol–water partition coefficient (Wildman–Crippen LogP) is 2.25. The van der Waals surface area contributed by atoms with Crippen molar-refractivity contribution in [3.63, 3.8) is 0 Å². The first-order valence-corrected chi connectivity index (χ1v) is 10.3. The van der Waals surface area contributed by atoms with Crippen molar-refractivity contribution in [3.8, 4) is 0 Å². The molecule has 0 radical (unpaired) electrons. The van der Waals surface area contributed by atoms with Crippen molar-refractivity contribution < 1.29 is 27.5 Å². The minimum absolute atomic E-state index is 0.0544. The fourth-order valence-corrected chi connectivity index (χ4v) is 5.57. The minimum Gasteiger partial charge on any atom is -0.463 e. The van der Waals surface area contributed by atoms with Crippen LogP contribution in [0.2, 0.25) is 10.0 Å². The number of carbonyl (C=O) groups is 2. The summed E-state index contributed by atoms with van der Waals surface area (Å²) in [7, 11) is -3.86. The van der Waals surface area contributed by atoms with Crippen molar-refractivity contribution in [2.45, 2.75) is 30.3 Å². The topological polar surface area (TPSA) is 90.0 Å². The Kier molecular flexibility index (Phi) is 5.76. The number of nitrogens with zero attached hydrogens (tertiary/aromatic N) is 1. The average Bonchev–Trinajstić information content (AvgIpc) is 2.99. The molecule has 0 aliphatic carbocycles. The van der Waals surface area contributed by atoms with Crippen LogP contribution in [0.1, 0.15) is 19.3 Å². The molecule has 0 N–H and O–H groups in total. The van der Waals surface area contributed by atoms with Crippen LogP contribution >= 0.6 is 23.2 Å². The summed E-state index contributed by atoms with van der Waals surface area (Å²) >= 11 is 12.0. The second kappa shape index (κ2) is 7.72. The second-order valence-corrected chi connectivity index (χ2v) is 8.80. The number of piperidine rings is 1. The van der Waals surface area contributed by atoms with E-state index in [1.165, 1.54) is 16.4 Å². The van der Waals surface area contributed by atoms with Crippen LogP contribution in [-0.2, 0) is 29.1 Å². The highest BCUT2D eigenvalue weighted by atomic mass is 35.5. The van der Waals surface area contributed by atoms with E-state index in [-0.39, 0.29) is 34.6 Å². The van der Waals surface area contributed by atoms with Gasteiger partial charge in [0, 0.05) is 19.5 Å². The van der Waals surface area contributed by atoms with E-state index in [0.717, 1.165) is 0 Å². The maximum Gasteiger partial charge on any atom is 0.347 e. The molecule has 0 saturated carbocycles. The monoisotopic (exact) mass is 421 g/mol. The van der Waals surface area contributed by atoms with Crippen LogP contribution in [0.25, 0.3) is 0 Å². The molecule has 0 unspecified atom stereocenters. The number of sulfonamides is 1. The smallest absolute Gasteiger partial charge is 0.347 e. The summed E-state index contributed by atoms with van der Waals surface area (Å²) in [6, 6.07) is 4.50. The molecule has 2 heterocycles. The molecule has 0 aromatic heterocycles. The molecule has 142 valence electrons. The zero-order valence-corrected chi connectivity index (χ0v) is 16.0. The Balaban J connectivity index is 1.64. The second-order valence-electron chi connectivity index (χ2n) is 6.11. The van der Waals surface area contributed by atoms with Gasteiger partial charge in [-0.2, -0.15) is 4.31 Å². The molecular weight excluding hydrogens is 405 g/mol. The van der Waals surface area contributed by atoms with Gasteiger partial charge >= 0.3 is 11.9 Å². The summed E-state index contributed by atoms with van der Waals surface area (Å²) in [4.78, 5) is 23.5. The third-order valence-electron chi connectivity index (χ3n) is 4.45. The maximum absolute atomic E-state index is 12.8. The van der Waals surface area contributed by atoms with E-state index in [1.807, 2.05) is 0 Å². The van der Waals surface area contributed by atoms with E-state index in [2.05, 4.69) is 0 Å². The van der Waals surface area contributed by atoms with Crippen molar-refractivity contribution >= 4 is 45.2 Å². The van der Waals surface area contributed by atoms with Gasteiger partial charge in [0.15, 0.2) is 0 Å². The summed E-state index contributed by atoms with van der Waals surface area (Å²) in [6.45, 7) is 0.517. The molecule has 10 heteroatoms. The lowest BCUT2D eigenvalue weighted by Crippen LogP contribution is -2.41. The standard InChI is InChI=1S/C16H17Cl2NO6S/c17-11-2-1-3-12(18)14(11)26(22,23)19-7-4-10(5-8-19)15(20)25-13-6-9-24-16(13)21/h1-3,10,13H,4-9H2/t13-/m1/s1. The summed E-state index contributed by atoms with van der Waals surface area (Å²) in [5, 5.41) is 0.109. The highest BCUT2D eigenvalue weighted by molar-refractivity contribution is 7.89. The van der Waals surface area contributed by atoms with Gasteiger partial charge in [0.25, 0.3) is 0 Å². The molecule has 2 fully saturated rings. The Morgan fingerprint density at radius 3 is 2.31 bits per heavy atom. The quantitative estimate of drug-likeness (QED) is 0.692. The predicted molar refractivity (Wildman–Crippen MR) is 93.4 cm³/mol. The van der Waals surface area contributed by atoms with Crippen molar-refractivity contribution in [1.29, 1.82) is 0 Å². The average molecular weight is 422 g/mol. The molecule has 0 amide bonds. The van der Waals surface area contributed by atoms with E-state index >= 15 is 0 Å². The number of cyclic esters (lactones) is 1. The van der Waals surface area contributed by atoms with Crippen LogP contribution < -0.4 is 0 Å². The molecular formula is C16H17Cl2NO6S. The first-order chi connectivity index (χ1) is 12.3. The van der Waals surface area contributed by atoms with Crippen molar-refractivity contribution in [1.82, 2.24) is 4.31 Å². The van der Waals surface area contributed by atoms with Gasteiger partial charge in [0.2, 0.25) is 16.1 Å². The van der Waals surface area contributed by atoms with Crippen LogP contribution in [0.4, 0.5) is 0 Å². The fraction of sp³-hybridized carbons (Fsp3) is 0.500. The third kappa shape index (κ3) is 3.83. The van der Waals surface area contributed by atoms with Crippen molar-refractivity contribution in [2.75, 3.05) is 19.7 Å². The lowest BCUT2D eigenvalue weighted by atomic mass is 9.98. The van der Waals surface area contributed by atoms with Crippen molar-refractivity contribution in [3.05, 3.63) is 28.2 Å². The zero-order chi connectivity index (χ0) is 18.9. The lowest BCUT2D eigenvalue weighted by Gasteiger charge is -2.30. The maximum atomic E-state index is 12.8. The number of hydrogen-bond acceptors (Lipinski definition) is 6. The highest BCUT2D eigenvalue weighted by Crippen LogP contribution is 2.33. The fourth-order valence-electron chi connectivity index (χ4n) is 3.01. The molecule has 0 bridgehead atoms. The number of benzene rings is 1. The number of rotatable bonds is 4. The largest absolute Gasteiger partial charge is 0.463 e. The van der Waals surface area contributed by atoms with Gasteiger partial charge in [0.05, 0.1) is 22.6 Å². The van der Waals surface area contributed by atoms with Gasteiger partial charge in [-0.15, -0.1) is 0 Å². The SMILES string of the molecule is O=C(O[C@@H]1CCOC1=O)C1CCN(S(=O)(=O)c2c(Cl)cccc2Cl)CC1. The number of esters is 2. The Morgan fingerprint density at radius 1 is 1.15 bits per heavy atom. The molecule has 2 saturated heterocycles. The molecule has 3 rings (SSSR count). The Bertz CT molecular complexity index is 800. The molecule has 1 aromatic carbocycles. The Labute approximate surface area is 161 Å². The number of halogens is 2. The summed E-state index contributed by atoms with van der Waals surface area (Å²) in [6.07, 6.45) is 0.0817. The van der Waals surface area contributed by atoms with E-state index in [9.17, 15) is 18.0 Å². The first-order valence-electron chi connectivity index (χ1n) is 8.12. The highest BCUT2D eigenvalue weighted by Gasteiger charge is 2.37. The van der Waals surface area contributed by atoms with E-state index < -0.39 is 34.0 Å². The van der Waals surface area contributed by atoms with Crippen LogP contribution in [0.3, 0.4) is 0 Å². The van der Waals surface area contributed by atoms with Gasteiger partial charge in [-0.3, -0.25) is 4.79 Å². The van der Waals surface area contributed by atoms with Crippen LogP contribution in [0.5, 0.6) is 0 Å². The van der Waals surface area contributed by atoms with Crippen LogP contribution in [0, 0.1) is 5.92 Å². The van der Waals surface area contributed by atoms with Gasteiger partial charge in [-0.05, 0) is 25.0 Å². The summed E-state index contributed by atoms with van der Waals surface area (Å²) < 4.78 is 36.8. The first kappa shape index (κ1) is 19.4. The van der Waals surface area contributed by atoms with E-state index in [4.69, 9.17) is 32.7 Å². The molecule has 1 atom stereocenters. The van der Waals surface area contributed by atoms with Gasteiger partial charge in [-0.1, -0.05) is 29.3 Å². The molecule has 1 aromatic rings. The Morgan fingerprint density at radius 2 is 1.77 bits per heavy atom. The number of hydrogen-bond donors (Lipinski definition) is 0. The molecule has 2 aliphatic heterocycles. The number of carbonyl (C=O) groups excluding carboxylic acids is 2. The van der Waals surface area contributed by atoms with Crippen LogP contribution in [0.15, 0.2) is 23.1 Å². The van der Waals surface area contributed by atoms with E-state index in [0.29, 0.717) is 19.3 Å². The summed E-state index contributed by atoms with van der Waals surface area (Å²) in [5.41, 5.74) is 0.